The number of rotatable bonds is 6. The minimum absolute atomic E-state index is 0.612. The Bertz CT molecular complexity index is 97.8. The minimum atomic E-state index is -2.29. The minimum Gasteiger partial charge on any atom is -0.377 e. The van der Waals surface area contributed by atoms with E-state index in [-0.39, 0.29) is 0 Å². The maximum absolute atomic E-state index is 5.38. The van der Waals surface area contributed by atoms with Gasteiger partial charge in [-0.15, -0.1) is 0 Å². The highest BCUT2D eigenvalue weighted by Gasteiger charge is 2.31. The molecule has 0 fully saturated rings. The zero-order chi connectivity index (χ0) is 8.74. The van der Waals surface area contributed by atoms with Gasteiger partial charge in [-0.1, -0.05) is 0 Å². The van der Waals surface area contributed by atoms with E-state index in [1.165, 1.54) is 0 Å². The quantitative estimate of drug-likeness (QED) is 0.468. The molecule has 0 aromatic rings. The Morgan fingerprint density at radius 1 is 1.27 bits per heavy atom. The predicted octanol–water partition coefficient (Wildman–Crippen LogP) is 0.213. The van der Waals surface area contributed by atoms with Gasteiger partial charge in [0.05, 0.1) is 0 Å². The third-order valence-electron chi connectivity index (χ3n) is 1.45. The highest BCUT2D eigenvalue weighted by Crippen LogP contribution is 2.05. The third-order valence-corrected chi connectivity index (χ3v) is 3.67. The van der Waals surface area contributed by atoms with E-state index in [4.69, 9.17) is 19.0 Å². The Morgan fingerprint density at radius 3 is 2.18 bits per heavy atom. The summed E-state index contributed by atoms with van der Waals surface area (Å²) in [4.78, 5) is 0. The molecule has 0 aromatic heterocycles. The molecule has 0 saturated carbocycles. The fourth-order valence-electron chi connectivity index (χ4n) is 0.542. The smallest absolute Gasteiger partial charge is 0.377 e. The summed E-state index contributed by atoms with van der Waals surface area (Å²) in [7, 11) is 0.901. The highest BCUT2D eigenvalue weighted by atomic mass is 28.4. The molecular formula is C6H17NO3Si. The molecular weight excluding hydrogens is 162 g/mol. The maximum atomic E-state index is 5.38. The van der Waals surface area contributed by atoms with Crippen LogP contribution in [0, 0.1) is 0 Å². The normalized spacial score (nSPS) is 12.0. The van der Waals surface area contributed by atoms with Crippen molar-refractivity contribution in [2.75, 3.05) is 27.4 Å². The van der Waals surface area contributed by atoms with Gasteiger partial charge >= 0.3 is 8.80 Å². The van der Waals surface area contributed by atoms with Gasteiger partial charge in [0.15, 0.2) is 0 Å². The van der Waals surface area contributed by atoms with Crippen LogP contribution in [0.1, 0.15) is 6.42 Å². The zero-order valence-electron chi connectivity index (χ0n) is 7.42. The maximum Gasteiger partial charge on any atom is 0.497 e. The summed E-state index contributed by atoms with van der Waals surface area (Å²) in [5, 5.41) is 0. The van der Waals surface area contributed by atoms with E-state index >= 15 is 0 Å². The molecule has 0 amide bonds. The van der Waals surface area contributed by atoms with E-state index in [9.17, 15) is 0 Å². The molecule has 68 valence electrons. The second-order valence-electron chi connectivity index (χ2n) is 2.26. The lowest BCUT2D eigenvalue weighted by atomic mass is 10.5. The summed E-state index contributed by atoms with van der Waals surface area (Å²) < 4.78 is 15.6. The Balaban J connectivity index is 3.51. The summed E-state index contributed by atoms with van der Waals surface area (Å²) in [6, 6.07) is 0. The number of hydrogen-bond donors (Lipinski definition) is 1. The van der Waals surface area contributed by atoms with Crippen molar-refractivity contribution in [2.24, 2.45) is 5.73 Å². The van der Waals surface area contributed by atoms with Gasteiger partial charge in [-0.25, -0.2) is 0 Å². The molecule has 2 N–H and O–H groups in total. The molecule has 0 radical (unpaired) electrons. The van der Waals surface area contributed by atoms with Crippen LogP contribution in [-0.2, 0) is 13.3 Å². The van der Waals surface area contributed by atoms with Crippen molar-refractivity contribution in [1.29, 1.82) is 0 Å². The second kappa shape index (κ2) is 5.67. The first-order valence-electron chi connectivity index (χ1n) is 3.63. The van der Waals surface area contributed by atoms with E-state index in [1.807, 2.05) is 6.55 Å². The van der Waals surface area contributed by atoms with E-state index in [2.05, 4.69) is 0 Å². The van der Waals surface area contributed by atoms with Gasteiger partial charge in [-0.2, -0.15) is 0 Å². The summed E-state index contributed by atoms with van der Waals surface area (Å²) in [6.45, 7) is 3.10. The Hall–Kier alpha value is 0.0569. The van der Waals surface area contributed by atoms with Gasteiger partial charge in [-0.05, 0) is 13.0 Å². The fourth-order valence-corrected chi connectivity index (χ4v) is 1.46. The van der Waals surface area contributed by atoms with Gasteiger partial charge in [0.1, 0.15) is 0 Å². The van der Waals surface area contributed by atoms with Gasteiger partial charge in [0.25, 0.3) is 0 Å². The molecule has 0 spiro atoms. The van der Waals surface area contributed by atoms with Crippen LogP contribution in [0.5, 0.6) is 0 Å². The van der Waals surface area contributed by atoms with Crippen LogP contribution < -0.4 is 5.73 Å². The zero-order valence-corrected chi connectivity index (χ0v) is 8.42. The van der Waals surface area contributed by atoms with E-state index in [0.29, 0.717) is 13.2 Å². The Labute approximate surface area is 69.0 Å². The topological polar surface area (TPSA) is 53.7 Å². The molecule has 0 aliphatic carbocycles. The van der Waals surface area contributed by atoms with Crippen molar-refractivity contribution >= 4 is 8.80 Å². The van der Waals surface area contributed by atoms with Crippen molar-refractivity contribution in [3.05, 3.63) is 0 Å². The van der Waals surface area contributed by atoms with Crippen LogP contribution in [0.15, 0.2) is 0 Å². The molecule has 5 heteroatoms. The molecule has 0 bridgehead atoms. The predicted molar refractivity (Wildman–Crippen MR) is 45.3 cm³/mol. The molecule has 0 aromatic carbocycles. The van der Waals surface area contributed by atoms with Gasteiger partial charge < -0.3 is 19.0 Å². The van der Waals surface area contributed by atoms with Gasteiger partial charge in [0.2, 0.25) is 0 Å². The first-order chi connectivity index (χ1) is 5.18. The summed E-state index contributed by atoms with van der Waals surface area (Å²) >= 11 is 0. The second-order valence-corrected chi connectivity index (χ2v) is 5.09. The molecule has 0 unspecified atom stereocenters. The lowest BCUT2D eigenvalue weighted by Gasteiger charge is -2.21. The van der Waals surface area contributed by atoms with Crippen LogP contribution in [0.2, 0.25) is 6.55 Å². The van der Waals surface area contributed by atoms with Crippen LogP contribution >= 0.6 is 0 Å². The van der Waals surface area contributed by atoms with Crippen molar-refractivity contribution in [1.82, 2.24) is 0 Å². The molecule has 0 saturated heterocycles. The Kier molecular flexibility index (Phi) is 5.70. The van der Waals surface area contributed by atoms with Crippen molar-refractivity contribution in [3.8, 4) is 0 Å². The molecule has 0 rings (SSSR count). The van der Waals surface area contributed by atoms with Crippen LogP contribution in [0.25, 0.3) is 0 Å². The number of nitrogens with two attached hydrogens (primary N) is 1. The van der Waals surface area contributed by atoms with Crippen LogP contribution in [0.4, 0.5) is 0 Å². The van der Waals surface area contributed by atoms with E-state index < -0.39 is 8.80 Å². The molecule has 0 atom stereocenters. The van der Waals surface area contributed by atoms with E-state index in [0.717, 1.165) is 6.42 Å². The van der Waals surface area contributed by atoms with Crippen LogP contribution in [-0.4, -0.2) is 36.2 Å². The molecule has 11 heavy (non-hydrogen) atoms. The largest absolute Gasteiger partial charge is 0.497 e. The average Bonchev–Trinajstić information content (AvgIpc) is 2.05. The summed E-state index contributed by atoms with van der Waals surface area (Å²) in [5.41, 5.74) is 5.29. The third kappa shape index (κ3) is 4.49. The van der Waals surface area contributed by atoms with Crippen molar-refractivity contribution < 1.29 is 13.3 Å². The van der Waals surface area contributed by atoms with Crippen molar-refractivity contribution in [3.63, 3.8) is 0 Å². The van der Waals surface area contributed by atoms with Gasteiger partial charge in [-0.3, -0.25) is 0 Å². The summed E-state index contributed by atoms with van der Waals surface area (Å²) in [5.74, 6) is 0. The SMILES string of the molecule is CO[Si](C)(OC)OCCCN. The van der Waals surface area contributed by atoms with Crippen LogP contribution in [0.3, 0.4) is 0 Å². The standard InChI is InChI=1S/C6H17NO3Si/c1-8-11(3,9-2)10-6-4-5-7/h4-7H2,1-3H3. The highest BCUT2D eigenvalue weighted by molar-refractivity contribution is 6.59. The lowest BCUT2D eigenvalue weighted by molar-refractivity contribution is 0.105. The van der Waals surface area contributed by atoms with E-state index in [1.54, 1.807) is 14.2 Å². The van der Waals surface area contributed by atoms with Gasteiger partial charge in [0, 0.05) is 27.4 Å². The first-order valence-corrected chi connectivity index (χ1v) is 5.85. The molecule has 0 aliphatic rings. The van der Waals surface area contributed by atoms with Crippen molar-refractivity contribution in [2.45, 2.75) is 13.0 Å². The number of hydrogen-bond acceptors (Lipinski definition) is 4. The summed E-state index contributed by atoms with van der Waals surface area (Å²) in [6.07, 6.45) is 0.843. The fraction of sp³-hybridized carbons (Fsp3) is 1.00. The molecule has 4 nitrogen and oxygen atoms in total. The Morgan fingerprint density at radius 2 is 1.82 bits per heavy atom. The average molecular weight is 179 g/mol. The first kappa shape index (κ1) is 11.1. The molecule has 0 heterocycles. The molecule has 0 aliphatic heterocycles. The monoisotopic (exact) mass is 179 g/mol. The lowest BCUT2D eigenvalue weighted by Crippen LogP contribution is -2.40.